The number of urea groups is 1. The van der Waals surface area contributed by atoms with Crippen LogP contribution in [0.1, 0.15) is 6.92 Å². The summed E-state index contributed by atoms with van der Waals surface area (Å²) in [7, 11) is -2.99. The number of sulfone groups is 1. The second-order valence-corrected chi connectivity index (χ2v) is 8.01. The SMILES string of the molecule is CCn1ccc(-c2ccc(NC(=O)N3CCS(=O)(=O)CC3)cc2)n1. The van der Waals surface area contributed by atoms with Crippen LogP contribution in [0.25, 0.3) is 11.3 Å². The van der Waals surface area contributed by atoms with Crippen molar-refractivity contribution >= 4 is 21.6 Å². The number of aryl methyl sites for hydroxylation is 1. The fourth-order valence-corrected chi connectivity index (χ4v) is 3.74. The molecule has 1 saturated heterocycles. The number of carbonyl (C=O) groups excluding carboxylic acids is 1. The Morgan fingerprint density at radius 1 is 1.17 bits per heavy atom. The van der Waals surface area contributed by atoms with Crippen molar-refractivity contribution in [3.8, 4) is 11.3 Å². The molecule has 0 unspecified atom stereocenters. The molecular formula is C16H20N4O3S. The molecule has 1 aromatic heterocycles. The third-order valence-electron chi connectivity index (χ3n) is 4.03. The van der Waals surface area contributed by atoms with Crippen LogP contribution in [0.4, 0.5) is 10.5 Å². The lowest BCUT2D eigenvalue weighted by Gasteiger charge is -2.26. The third kappa shape index (κ3) is 3.76. The first-order chi connectivity index (χ1) is 11.5. The lowest BCUT2D eigenvalue weighted by atomic mass is 10.1. The summed E-state index contributed by atoms with van der Waals surface area (Å²) in [6.45, 7) is 3.32. The molecule has 1 aromatic carbocycles. The summed E-state index contributed by atoms with van der Waals surface area (Å²) in [5.41, 5.74) is 2.53. The van der Waals surface area contributed by atoms with Crippen molar-refractivity contribution in [1.82, 2.24) is 14.7 Å². The van der Waals surface area contributed by atoms with E-state index in [-0.39, 0.29) is 30.6 Å². The number of aromatic nitrogens is 2. The Kier molecular flexibility index (Phi) is 4.57. The molecular weight excluding hydrogens is 328 g/mol. The van der Waals surface area contributed by atoms with Crippen molar-refractivity contribution in [2.24, 2.45) is 0 Å². The van der Waals surface area contributed by atoms with Crippen molar-refractivity contribution in [2.45, 2.75) is 13.5 Å². The van der Waals surface area contributed by atoms with Gasteiger partial charge in [-0.3, -0.25) is 4.68 Å². The van der Waals surface area contributed by atoms with Crippen molar-refractivity contribution in [3.05, 3.63) is 36.5 Å². The number of hydrogen-bond donors (Lipinski definition) is 1. The number of carbonyl (C=O) groups is 1. The molecule has 2 amide bonds. The van der Waals surface area contributed by atoms with Crippen molar-refractivity contribution < 1.29 is 13.2 Å². The Hall–Kier alpha value is -2.35. The van der Waals surface area contributed by atoms with E-state index in [9.17, 15) is 13.2 Å². The van der Waals surface area contributed by atoms with E-state index >= 15 is 0 Å². The highest BCUT2D eigenvalue weighted by Gasteiger charge is 2.24. The van der Waals surface area contributed by atoms with Crippen LogP contribution >= 0.6 is 0 Å². The average molecular weight is 348 g/mol. The molecule has 0 bridgehead atoms. The van der Waals surface area contributed by atoms with Crippen molar-refractivity contribution in [3.63, 3.8) is 0 Å². The van der Waals surface area contributed by atoms with Crippen LogP contribution in [0.5, 0.6) is 0 Å². The van der Waals surface area contributed by atoms with Gasteiger partial charge < -0.3 is 10.2 Å². The fraction of sp³-hybridized carbons (Fsp3) is 0.375. The first-order valence-electron chi connectivity index (χ1n) is 7.87. The van der Waals surface area contributed by atoms with E-state index in [1.54, 1.807) is 0 Å². The van der Waals surface area contributed by atoms with Gasteiger partial charge in [-0.15, -0.1) is 0 Å². The Morgan fingerprint density at radius 3 is 2.42 bits per heavy atom. The maximum atomic E-state index is 12.2. The average Bonchev–Trinajstić information content (AvgIpc) is 3.04. The minimum Gasteiger partial charge on any atom is -0.322 e. The van der Waals surface area contributed by atoms with Crippen LogP contribution in [0.3, 0.4) is 0 Å². The van der Waals surface area contributed by atoms with Gasteiger partial charge in [-0.1, -0.05) is 12.1 Å². The number of rotatable bonds is 3. The van der Waals surface area contributed by atoms with E-state index in [1.165, 1.54) is 4.90 Å². The van der Waals surface area contributed by atoms with Gasteiger partial charge in [0.1, 0.15) is 0 Å². The van der Waals surface area contributed by atoms with Gasteiger partial charge in [0.2, 0.25) is 0 Å². The molecule has 24 heavy (non-hydrogen) atoms. The monoisotopic (exact) mass is 348 g/mol. The molecule has 0 atom stereocenters. The molecule has 1 aliphatic heterocycles. The topological polar surface area (TPSA) is 84.3 Å². The number of benzene rings is 1. The molecule has 1 N–H and O–H groups in total. The molecule has 0 saturated carbocycles. The van der Waals surface area contributed by atoms with Crippen molar-refractivity contribution in [1.29, 1.82) is 0 Å². The van der Waals surface area contributed by atoms with E-state index in [1.807, 2.05) is 48.1 Å². The maximum Gasteiger partial charge on any atom is 0.321 e. The van der Waals surface area contributed by atoms with E-state index in [4.69, 9.17) is 0 Å². The Morgan fingerprint density at radius 2 is 1.83 bits per heavy atom. The van der Waals surface area contributed by atoms with Gasteiger partial charge in [0.05, 0.1) is 17.2 Å². The minimum atomic E-state index is -2.99. The van der Waals surface area contributed by atoms with E-state index < -0.39 is 9.84 Å². The lowest BCUT2D eigenvalue weighted by molar-refractivity contribution is 0.216. The van der Waals surface area contributed by atoms with Gasteiger partial charge >= 0.3 is 6.03 Å². The number of amides is 2. The second-order valence-electron chi connectivity index (χ2n) is 5.70. The summed E-state index contributed by atoms with van der Waals surface area (Å²) in [5.74, 6) is 0.0545. The zero-order chi connectivity index (χ0) is 17.2. The molecule has 0 spiro atoms. The molecule has 0 radical (unpaired) electrons. The number of nitrogens with zero attached hydrogens (tertiary/aromatic N) is 3. The predicted octanol–water partition coefficient (Wildman–Crippen LogP) is 1.83. The molecule has 0 aliphatic carbocycles. The molecule has 8 heteroatoms. The molecule has 1 fully saturated rings. The smallest absolute Gasteiger partial charge is 0.321 e. The molecule has 2 heterocycles. The first kappa shape index (κ1) is 16.5. The summed E-state index contributed by atoms with van der Waals surface area (Å²) in [6, 6.07) is 9.12. The molecule has 7 nitrogen and oxygen atoms in total. The quantitative estimate of drug-likeness (QED) is 0.917. The van der Waals surface area contributed by atoms with Gasteiger partial charge in [-0.05, 0) is 25.1 Å². The third-order valence-corrected chi connectivity index (χ3v) is 5.64. The first-order valence-corrected chi connectivity index (χ1v) is 9.69. The fourth-order valence-electron chi connectivity index (χ4n) is 2.53. The van der Waals surface area contributed by atoms with Crippen LogP contribution in [0.15, 0.2) is 36.5 Å². The highest BCUT2D eigenvalue weighted by Crippen LogP contribution is 2.20. The number of anilines is 1. The van der Waals surface area contributed by atoms with Crippen molar-refractivity contribution in [2.75, 3.05) is 29.9 Å². The zero-order valence-corrected chi connectivity index (χ0v) is 14.3. The van der Waals surface area contributed by atoms with Crippen LogP contribution in [0.2, 0.25) is 0 Å². The summed E-state index contributed by atoms with van der Waals surface area (Å²) < 4.78 is 24.7. The Balaban J connectivity index is 1.63. The van der Waals surface area contributed by atoms with Crippen LogP contribution in [0, 0.1) is 0 Å². The van der Waals surface area contributed by atoms with Gasteiger partial charge in [0, 0.05) is 37.1 Å². The predicted molar refractivity (Wildman–Crippen MR) is 92.6 cm³/mol. The summed E-state index contributed by atoms with van der Waals surface area (Å²) in [6.07, 6.45) is 1.93. The van der Waals surface area contributed by atoms with Gasteiger partial charge in [-0.2, -0.15) is 5.10 Å². The zero-order valence-electron chi connectivity index (χ0n) is 13.5. The normalized spacial score (nSPS) is 16.8. The molecule has 1 aliphatic rings. The molecule has 3 rings (SSSR count). The van der Waals surface area contributed by atoms with Crippen LogP contribution < -0.4 is 5.32 Å². The minimum absolute atomic E-state index is 0.0272. The highest BCUT2D eigenvalue weighted by molar-refractivity contribution is 7.91. The Labute approximate surface area is 141 Å². The number of nitrogens with one attached hydrogen (secondary N) is 1. The number of hydrogen-bond acceptors (Lipinski definition) is 4. The van der Waals surface area contributed by atoms with Gasteiger partial charge in [-0.25, -0.2) is 13.2 Å². The Bertz CT molecular complexity index is 813. The van der Waals surface area contributed by atoms with Gasteiger partial charge in [0.25, 0.3) is 0 Å². The lowest BCUT2D eigenvalue weighted by Crippen LogP contribution is -2.45. The summed E-state index contributed by atoms with van der Waals surface area (Å²) in [4.78, 5) is 13.7. The van der Waals surface area contributed by atoms with Gasteiger partial charge in [0.15, 0.2) is 9.84 Å². The highest BCUT2D eigenvalue weighted by atomic mass is 32.2. The molecule has 2 aromatic rings. The van der Waals surface area contributed by atoms with E-state index in [0.29, 0.717) is 5.69 Å². The van der Waals surface area contributed by atoms with E-state index in [0.717, 1.165) is 17.8 Å². The van der Waals surface area contributed by atoms with Crippen LogP contribution in [-0.4, -0.2) is 53.7 Å². The molecule has 128 valence electrons. The van der Waals surface area contributed by atoms with E-state index in [2.05, 4.69) is 10.4 Å². The largest absolute Gasteiger partial charge is 0.322 e. The summed E-state index contributed by atoms with van der Waals surface area (Å²) >= 11 is 0. The standard InChI is InChI=1S/C16H20N4O3S/c1-2-20-8-7-15(18-20)13-3-5-14(6-4-13)17-16(21)19-9-11-24(22,23)12-10-19/h3-8H,2,9-12H2,1H3,(H,17,21). The second kappa shape index (κ2) is 6.64. The maximum absolute atomic E-state index is 12.2. The summed E-state index contributed by atoms with van der Waals surface area (Å²) in [5, 5.41) is 7.24. The van der Waals surface area contributed by atoms with Crippen LogP contribution in [-0.2, 0) is 16.4 Å².